The van der Waals surface area contributed by atoms with Crippen LogP contribution in [0.2, 0.25) is 0 Å². The van der Waals surface area contributed by atoms with Gasteiger partial charge in [0.25, 0.3) is 0 Å². The summed E-state index contributed by atoms with van der Waals surface area (Å²) in [6.45, 7) is 17.0. The zero-order chi connectivity index (χ0) is 28.3. The van der Waals surface area contributed by atoms with E-state index >= 15 is 0 Å². The number of phenolic OH excluding ortho intramolecular Hbond substituents is 1. The first-order valence-electron chi connectivity index (χ1n) is 13.2. The number of aromatic hydroxyl groups is 1. The largest absolute Gasteiger partial charge is 0.507 e. The maximum Gasteiger partial charge on any atom is 0.189 e. The van der Waals surface area contributed by atoms with Gasteiger partial charge in [0.2, 0.25) is 0 Å². The molecule has 0 aliphatic heterocycles. The van der Waals surface area contributed by atoms with Crippen LogP contribution in [-0.2, 0) is 19.1 Å². The lowest BCUT2D eigenvalue weighted by molar-refractivity contribution is -0.197. The quantitative estimate of drug-likeness (QED) is 0.326. The molecule has 8 unspecified atom stereocenters. The minimum atomic E-state index is -2.61. The molecule has 2 fully saturated rings. The number of phenols is 1. The van der Waals surface area contributed by atoms with Crippen LogP contribution in [-0.4, -0.2) is 45.1 Å². The van der Waals surface area contributed by atoms with Crippen molar-refractivity contribution < 1.29 is 34.1 Å². The fourth-order valence-electron chi connectivity index (χ4n) is 6.73. The van der Waals surface area contributed by atoms with E-state index in [2.05, 4.69) is 13.2 Å². The van der Waals surface area contributed by atoms with Crippen molar-refractivity contribution in [1.29, 1.82) is 0 Å². The van der Waals surface area contributed by atoms with Crippen LogP contribution < -0.4 is 0 Å². The van der Waals surface area contributed by atoms with Gasteiger partial charge in [-0.1, -0.05) is 65.0 Å². The molecule has 0 heterocycles. The third-order valence-corrected chi connectivity index (χ3v) is 8.72. The van der Waals surface area contributed by atoms with Gasteiger partial charge in [-0.3, -0.25) is 19.2 Å². The van der Waals surface area contributed by atoms with Gasteiger partial charge in [0.15, 0.2) is 23.0 Å². The summed E-state index contributed by atoms with van der Waals surface area (Å²) in [5.41, 5.74) is -1.26. The molecule has 7 nitrogen and oxygen atoms in total. The number of allylic oxidation sites excluding steroid dienone is 2. The standard InChI is InChI=1S/C31H36O7/c1-8-16(6)21-25-28(38-13-12-14(2)3)22-17(7)18-10-9-11-19(32)23(18)27(34)24(22)30(36)31(25,37)29(35)20(15(4)5)26(21)33/h9-13,15-16,20-22,24-25,28,32,37H,2,7-8H2,1,3-6H3. The van der Waals surface area contributed by atoms with Crippen LogP contribution in [0.1, 0.15) is 57.0 Å². The summed E-state index contributed by atoms with van der Waals surface area (Å²) in [7, 11) is 0. The number of fused-ring (bicyclic) bond motifs is 3. The maximum atomic E-state index is 14.2. The molecular formula is C31H36O7. The number of hydrogen-bond acceptors (Lipinski definition) is 7. The minimum absolute atomic E-state index is 0.0661. The molecule has 0 bridgehead atoms. The number of rotatable bonds is 6. The minimum Gasteiger partial charge on any atom is -0.507 e. The molecule has 0 saturated heterocycles. The Hall–Kier alpha value is -3.32. The predicted octanol–water partition coefficient (Wildman–Crippen LogP) is 4.33. The Balaban J connectivity index is 2.02. The zero-order valence-electron chi connectivity index (χ0n) is 22.6. The fourth-order valence-corrected chi connectivity index (χ4v) is 6.73. The summed E-state index contributed by atoms with van der Waals surface area (Å²) >= 11 is 0. The number of Topliss-reactive ketones (excluding diaryl/α,β-unsaturated/α-hetero) is 4. The Morgan fingerprint density at radius 3 is 2.39 bits per heavy atom. The molecule has 202 valence electrons. The molecule has 8 atom stereocenters. The van der Waals surface area contributed by atoms with Crippen molar-refractivity contribution in [3.8, 4) is 5.75 Å². The normalized spacial score (nSPS) is 33.7. The SMILES string of the molecule is C=C(C)C=COC1C2C(=C)c3cccc(O)c3C(=O)C2C(=O)C2(O)C(=O)C(C(C)C)C(=O)C(C(C)CC)C12. The third kappa shape index (κ3) is 3.82. The van der Waals surface area contributed by atoms with Crippen molar-refractivity contribution >= 4 is 28.7 Å². The van der Waals surface area contributed by atoms with Gasteiger partial charge in [-0.25, -0.2) is 0 Å². The Labute approximate surface area is 223 Å². The molecule has 3 aliphatic carbocycles. The summed E-state index contributed by atoms with van der Waals surface area (Å²) in [5.74, 6) is -9.63. The van der Waals surface area contributed by atoms with Crippen LogP contribution in [0.4, 0.5) is 0 Å². The topological polar surface area (TPSA) is 118 Å². The van der Waals surface area contributed by atoms with Gasteiger partial charge in [0.1, 0.15) is 17.6 Å². The molecule has 4 rings (SSSR count). The van der Waals surface area contributed by atoms with Crippen LogP contribution in [0.5, 0.6) is 5.75 Å². The smallest absolute Gasteiger partial charge is 0.189 e. The van der Waals surface area contributed by atoms with E-state index in [-0.39, 0.29) is 23.0 Å². The van der Waals surface area contributed by atoms with Crippen molar-refractivity contribution in [1.82, 2.24) is 0 Å². The second-order valence-electron chi connectivity index (χ2n) is 11.4. The fraction of sp³-hybridized carbons (Fsp3) is 0.484. The van der Waals surface area contributed by atoms with Gasteiger partial charge in [-0.15, -0.1) is 0 Å². The van der Waals surface area contributed by atoms with E-state index in [1.807, 2.05) is 13.8 Å². The molecule has 38 heavy (non-hydrogen) atoms. The van der Waals surface area contributed by atoms with Gasteiger partial charge in [-0.2, -0.15) is 0 Å². The average molecular weight is 521 g/mol. The molecule has 2 N–H and O–H groups in total. The van der Waals surface area contributed by atoms with Crippen molar-refractivity contribution in [3.63, 3.8) is 0 Å². The number of carbonyl (C=O) groups excluding carboxylic acids is 4. The predicted molar refractivity (Wildman–Crippen MR) is 142 cm³/mol. The highest BCUT2D eigenvalue weighted by Crippen LogP contribution is 2.57. The molecule has 3 aliphatic rings. The van der Waals surface area contributed by atoms with E-state index < -0.39 is 64.6 Å². The van der Waals surface area contributed by atoms with Crippen LogP contribution in [0.25, 0.3) is 5.57 Å². The average Bonchev–Trinajstić information content (AvgIpc) is 2.84. The molecule has 0 amide bonds. The highest BCUT2D eigenvalue weighted by molar-refractivity contribution is 6.28. The summed E-state index contributed by atoms with van der Waals surface area (Å²) in [6.07, 6.45) is 2.44. The Morgan fingerprint density at radius 1 is 1.16 bits per heavy atom. The van der Waals surface area contributed by atoms with Crippen LogP contribution in [0.15, 0.2) is 49.3 Å². The van der Waals surface area contributed by atoms with Gasteiger partial charge in [-0.05, 0) is 42.0 Å². The van der Waals surface area contributed by atoms with E-state index in [0.717, 1.165) is 0 Å². The van der Waals surface area contributed by atoms with Crippen LogP contribution in [0.3, 0.4) is 0 Å². The number of aliphatic hydroxyl groups is 1. The highest BCUT2D eigenvalue weighted by Gasteiger charge is 2.72. The Kier molecular flexibility index (Phi) is 7.12. The second kappa shape index (κ2) is 9.77. The molecule has 7 heteroatoms. The van der Waals surface area contributed by atoms with E-state index in [0.29, 0.717) is 23.1 Å². The maximum absolute atomic E-state index is 14.2. The van der Waals surface area contributed by atoms with Crippen LogP contribution >= 0.6 is 0 Å². The molecule has 2 saturated carbocycles. The van der Waals surface area contributed by atoms with E-state index in [1.165, 1.54) is 12.3 Å². The van der Waals surface area contributed by atoms with Crippen molar-refractivity contribution in [2.45, 2.75) is 52.7 Å². The summed E-state index contributed by atoms with van der Waals surface area (Å²) in [4.78, 5) is 55.9. The van der Waals surface area contributed by atoms with Crippen LogP contribution in [0, 0.1) is 41.4 Å². The van der Waals surface area contributed by atoms with E-state index in [9.17, 15) is 29.4 Å². The van der Waals surface area contributed by atoms with Gasteiger partial charge in [0.05, 0.1) is 23.7 Å². The summed E-state index contributed by atoms with van der Waals surface area (Å²) in [6, 6.07) is 4.56. The van der Waals surface area contributed by atoms with Crippen molar-refractivity contribution in [2.24, 2.45) is 41.4 Å². The molecule has 0 aromatic heterocycles. The summed E-state index contributed by atoms with van der Waals surface area (Å²) in [5, 5.41) is 22.7. The Bertz CT molecular complexity index is 1270. The molecule has 1 aromatic rings. The first kappa shape index (κ1) is 27.7. The monoisotopic (exact) mass is 520 g/mol. The van der Waals surface area contributed by atoms with Crippen molar-refractivity contribution in [2.75, 3.05) is 0 Å². The number of benzene rings is 1. The van der Waals surface area contributed by atoms with E-state index in [4.69, 9.17) is 4.74 Å². The van der Waals surface area contributed by atoms with Gasteiger partial charge in [0, 0.05) is 17.8 Å². The molecular weight excluding hydrogens is 484 g/mol. The lowest BCUT2D eigenvalue weighted by atomic mass is 9.47. The second-order valence-corrected chi connectivity index (χ2v) is 11.4. The number of carbonyl (C=O) groups is 4. The number of hydrogen-bond donors (Lipinski definition) is 2. The van der Waals surface area contributed by atoms with Gasteiger partial charge >= 0.3 is 0 Å². The summed E-state index contributed by atoms with van der Waals surface area (Å²) < 4.78 is 6.19. The molecule has 0 spiro atoms. The first-order chi connectivity index (χ1) is 17.8. The van der Waals surface area contributed by atoms with Gasteiger partial charge < -0.3 is 14.9 Å². The molecule has 0 radical (unpaired) electrons. The lowest BCUT2D eigenvalue weighted by Gasteiger charge is -2.56. The lowest BCUT2D eigenvalue weighted by Crippen LogP contribution is -2.74. The third-order valence-electron chi connectivity index (χ3n) is 8.72. The Morgan fingerprint density at radius 2 is 1.82 bits per heavy atom. The molecule has 1 aromatic carbocycles. The zero-order valence-corrected chi connectivity index (χ0v) is 22.6. The number of ether oxygens (including phenoxy) is 1. The first-order valence-corrected chi connectivity index (χ1v) is 13.2. The van der Waals surface area contributed by atoms with Crippen molar-refractivity contribution in [3.05, 3.63) is 60.4 Å². The highest BCUT2D eigenvalue weighted by atomic mass is 16.5. The number of ketones is 4. The van der Waals surface area contributed by atoms with E-state index in [1.54, 1.807) is 39.0 Å².